The Morgan fingerprint density at radius 3 is 2.82 bits per heavy atom. The lowest BCUT2D eigenvalue weighted by Crippen LogP contribution is -2.14. The van der Waals surface area contributed by atoms with Gasteiger partial charge in [0, 0.05) is 18.0 Å². The minimum atomic E-state index is -0.275. The van der Waals surface area contributed by atoms with E-state index >= 15 is 0 Å². The van der Waals surface area contributed by atoms with Crippen LogP contribution in [0.5, 0.6) is 5.75 Å². The minimum Gasteiger partial charge on any atom is -0.508 e. The average Bonchev–Trinajstić information content (AvgIpc) is 2.30. The zero-order chi connectivity index (χ0) is 12.3. The number of hydrogen-bond acceptors (Lipinski definition) is 4. The predicted molar refractivity (Wildman–Crippen MR) is 62.8 cm³/mol. The molecule has 1 aromatic carbocycles. The maximum Gasteiger partial charge on any atom is 0.257 e. The van der Waals surface area contributed by atoms with Crippen LogP contribution in [0.4, 0.5) is 5.82 Å². The van der Waals surface area contributed by atoms with Crippen LogP contribution in [-0.4, -0.2) is 21.0 Å². The molecule has 0 aliphatic carbocycles. The fraction of sp³-hybridized carbons (Fsp3) is 0.0833. The summed E-state index contributed by atoms with van der Waals surface area (Å²) in [5.74, 6) is 0.256. The molecule has 0 spiro atoms. The standard InChI is InChI=1S/C12H11N3O2/c1-8-6-9(16)2-3-10(8)12(17)15-11-7-13-4-5-14-11/h2-7,16H,1H3,(H,14,15,17). The molecule has 1 amide bonds. The third-order valence-corrected chi connectivity index (χ3v) is 2.26. The van der Waals surface area contributed by atoms with Crippen LogP contribution in [0.15, 0.2) is 36.8 Å². The SMILES string of the molecule is Cc1cc(O)ccc1C(=O)Nc1cnccn1. The number of hydrogen-bond donors (Lipinski definition) is 2. The van der Waals surface area contributed by atoms with Gasteiger partial charge in [0.2, 0.25) is 0 Å². The van der Waals surface area contributed by atoms with Gasteiger partial charge in [0.15, 0.2) is 5.82 Å². The highest BCUT2D eigenvalue weighted by molar-refractivity contribution is 6.04. The number of phenols is 1. The van der Waals surface area contributed by atoms with E-state index in [9.17, 15) is 9.90 Å². The number of phenolic OH excluding ortho intramolecular Hbond substituents is 1. The summed E-state index contributed by atoms with van der Waals surface area (Å²) in [5, 5.41) is 11.9. The Kier molecular flexibility index (Phi) is 3.00. The highest BCUT2D eigenvalue weighted by Crippen LogP contribution is 2.16. The van der Waals surface area contributed by atoms with E-state index in [0.717, 1.165) is 0 Å². The number of carbonyl (C=O) groups is 1. The maximum atomic E-state index is 11.9. The summed E-state index contributed by atoms with van der Waals surface area (Å²) >= 11 is 0. The van der Waals surface area contributed by atoms with Crippen LogP contribution < -0.4 is 5.32 Å². The Balaban J connectivity index is 2.21. The van der Waals surface area contributed by atoms with E-state index < -0.39 is 0 Å². The first-order valence-electron chi connectivity index (χ1n) is 5.04. The molecule has 0 radical (unpaired) electrons. The van der Waals surface area contributed by atoms with E-state index in [2.05, 4.69) is 15.3 Å². The Bertz CT molecular complexity index is 541. The van der Waals surface area contributed by atoms with Crippen LogP contribution in [0.25, 0.3) is 0 Å². The zero-order valence-electron chi connectivity index (χ0n) is 9.21. The normalized spacial score (nSPS) is 9.94. The molecular weight excluding hydrogens is 218 g/mol. The number of rotatable bonds is 2. The third kappa shape index (κ3) is 2.57. The number of nitrogens with one attached hydrogen (secondary N) is 1. The van der Waals surface area contributed by atoms with Gasteiger partial charge in [0.1, 0.15) is 5.75 Å². The number of nitrogens with zero attached hydrogens (tertiary/aromatic N) is 2. The Morgan fingerprint density at radius 1 is 1.35 bits per heavy atom. The first-order chi connectivity index (χ1) is 8.16. The lowest BCUT2D eigenvalue weighted by molar-refractivity contribution is 0.102. The molecule has 5 heteroatoms. The molecule has 0 aliphatic heterocycles. The van der Waals surface area contributed by atoms with E-state index in [-0.39, 0.29) is 11.7 Å². The summed E-state index contributed by atoms with van der Waals surface area (Å²) in [6.45, 7) is 1.76. The van der Waals surface area contributed by atoms with E-state index in [1.165, 1.54) is 30.7 Å². The van der Waals surface area contributed by atoms with Crippen molar-refractivity contribution in [1.82, 2.24) is 9.97 Å². The van der Waals surface area contributed by atoms with Gasteiger partial charge in [-0.1, -0.05) is 0 Å². The van der Waals surface area contributed by atoms with Crippen LogP contribution in [0.3, 0.4) is 0 Å². The molecule has 0 fully saturated rings. The fourth-order valence-electron chi connectivity index (χ4n) is 1.45. The van der Waals surface area contributed by atoms with Crippen LogP contribution in [0.1, 0.15) is 15.9 Å². The van der Waals surface area contributed by atoms with E-state index in [1.807, 2.05) is 0 Å². The summed E-state index contributed by atoms with van der Waals surface area (Å²) in [5.41, 5.74) is 1.19. The van der Waals surface area contributed by atoms with Crippen LogP contribution >= 0.6 is 0 Å². The second-order valence-electron chi connectivity index (χ2n) is 3.54. The highest BCUT2D eigenvalue weighted by atomic mass is 16.3. The van der Waals surface area contributed by atoms with Gasteiger partial charge >= 0.3 is 0 Å². The smallest absolute Gasteiger partial charge is 0.257 e. The molecule has 0 saturated heterocycles. The Labute approximate surface area is 98.2 Å². The first-order valence-corrected chi connectivity index (χ1v) is 5.04. The maximum absolute atomic E-state index is 11.9. The average molecular weight is 229 g/mol. The van der Waals surface area contributed by atoms with Gasteiger partial charge in [-0.3, -0.25) is 9.78 Å². The number of aromatic nitrogens is 2. The molecule has 5 nitrogen and oxygen atoms in total. The number of benzene rings is 1. The number of aryl methyl sites for hydroxylation is 1. The molecule has 0 bridgehead atoms. The second-order valence-corrected chi connectivity index (χ2v) is 3.54. The lowest BCUT2D eigenvalue weighted by Gasteiger charge is -2.06. The Hall–Kier alpha value is -2.43. The van der Waals surface area contributed by atoms with E-state index in [4.69, 9.17) is 0 Å². The van der Waals surface area contributed by atoms with Crippen molar-refractivity contribution in [1.29, 1.82) is 0 Å². The lowest BCUT2D eigenvalue weighted by atomic mass is 10.1. The zero-order valence-corrected chi connectivity index (χ0v) is 9.21. The number of carbonyl (C=O) groups excluding carboxylic acids is 1. The largest absolute Gasteiger partial charge is 0.508 e. The summed E-state index contributed by atoms with van der Waals surface area (Å²) < 4.78 is 0. The number of aromatic hydroxyl groups is 1. The molecule has 0 aliphatic rings. The Morgan fingerprint density at radius 2 is 2.18 bits per heavy atom. The van der Waals surface area contributed by atoms with Crippen LogP contribution in [0, 0.1) is 6.92 Å². The molecule has 17 heavy (non-hydrogen) atoms. The topological polar surface area (TPSA) is 75.1 Å². The molecule has 2 N–H and O–H groups in total. The molecule has 1 aromatic heterocycles. The summed E-state index contributed by atoms with van der Waals surface area (Å²) in [6.07, 6.45) is 4.49. The van der Waals surface area contributed by atoms with Gasteiger partial charge < -0.3 is 10.4 Å². The van der Waals surface area contributed by atoms with Crippen molar-refractivity contribution in [2.24, 2.45) is 0 Å². The van der Waals surface area contributed by atoms with Crippen molar-refractivity contribution >= 4 is 11.7 Å². The van der Waals surface area contributed by atoms with Crippen LogP contribution in [0.2, 0.25) is 0 Å². The second kappa shape index (κ2) is 4.61. The van der Waals surface area contributed by atoms with Gasteiger partial charge in [-0.05, 0) is 30.7 Å². The van der Waals surface area contributed by atoms with Gasteiger partial charge in [0.05, 0.1) is 6.20 Å². The summed E-state index contributed by atoms with van der Waals surface area (Å²) in [7, 11) is 0. The minimum absolute atomic E-state index is 0.138. The van der Waals surface area contributed by atoms with Gasteiger partial charge in [-0.25, -0.2) is 4.98 Å². The van der Waals surface area contributed by atoms with Crippen molar-refractivity contribution in [3.8, 4) is 5.75 Å². The molecule has 86 valence electrons. The van der Waals surface area contributed by atoms with Crippen molar-refractivity contribution in [2.45, 2.75) is 6.92 Å². The summed E-state index contributed by atoms with van der Waals surface area (Å²) in [6, 6.07) is 4.57. The number of anilines is 1. The fourth-order valence-corrected chi connectivity index (χ4v) is 1.45. The molecule has 0 saturated carbocycles. The quantitative estimate of drug-likeness (QED) is 0.822. The first kappa shape index (κ1) is 11.1. The van der Waals surface area contributed by atoms with Gasteiger partial charge in [0.25, 0.3) is 5.91 Å². The van der Waals surface area contributed by atoms with Crippen molar-refractivity contribution in [3.05, 3.63) is 47.9 Å². The molecule has 0 atom stereocenters. The van der Waals surface area contributed by atoms with Crippen molar-refractivity contribution < 1.29 is 9.90 Å². The monoisotopic (exact) mass is 229 g/mol. The van der Waals surface area contributed by atoms with E-state index in [0.29, 0.717) is 16.9 Å². The predicted octanol–water partition coefficient (Wildman–Crippen LogP) is 1.74. The molecule has 2 rings (SSSR count). The highest BCUT2D eigenvalue weighted by Gasteiger charge is 2.10. The third-order valence-electron chi connectivity index (χ3n) is 2.26. The van der Waals surface area contributed by atoms with Gasteiger partial charge in [-0.2, -0.15) is 0 Å². The van der Waals surface area contributed by atoms with Crippen molar-refractivity contribution in [2.75, 3.05) is 5.32 Å². The summed E-state index contributed by atoms with van der Waals surface area (Å²) in [4.78, 5) is 19.7. The molecule has 1 heterocycles. The number of amides is 1. The van der Waals surface area contributed by atoms with E-state index in [1.54, 1.807) is 13.0 Å². The van der Waals surface area contributed by atoms with Gasteiger partial charge in [-0.15, -0.1) is 0 Å². The van der Waals surface area contributed by atoms with Crippen LogP contribution in [-0.2, 0) is 0 Å². The molecule has 2 aromatic rings. The molecule has 0 unspecified atom stereocenters. The van der Waals surface area contributed by atoms with Crippen molar-refractivity contribution in [3.63, 3.8) is 0 Å². The molecular formula is C12H11N3O2.